The largest absolute Gasteiger partial charge is 0.481 e. The Morgan fingerprint density at radius 2 is 1.73 bits per heavy atom. The lowest BCUT2D eigenvalue weighted by Crippen LogP contribution is -2.31. The van der Waals surface area contributed by atoms with E-state index in [1.807, 2.05) is 54.6 Å². The highest BCUT2D eigenvalue weighted by Gasteiger charge is 2.19. The molecule has 3 aromatic carbocycles. The third-order valence-electron chi connectivity index (χ3n) is 4.25. The van der Waals surface area contributed by atoms with Gasteiger partial charge in [-0.1, -0.05) is 54.6 Å². The summed E-state index contributed by atoms with van der Waals surface area (Å²) in [5, 5.41) is 11.5. The molecule has 1 atom stereocenters. The lowest BCUT2D eigenvalue weighted by atomic mass is 10.1. The van der Waals surface area contributed by atoms with Gasteiger partial charge in [0.2, 0.25) is 0 Å². The van der Waals surface area contributed by atoms with E-state index in [4.69, 9.17) is 14.7 Å². The van der Waals surface area contributed by atoms with Crippen LogP contribution in [0.25, 0.3) is 11.1 Å². The van der Waals surface area contributed by atoms with Crippen LogP contribution in [0.4, 0.5) is 5.69 Å². The SMILES string of the molecule is C[C@@H](OC(=O)COc1ccccc1-c1ccccc1)C(=O)Nc1cccc(C#N)c1. The van der Waals surface area contributed by atoms with E-state index >= 15 is 0 Å². The summed E-state index contributed by atoms with van der Waals surface area (Å²) in [7, 11) is 0. The number of carbonyl (C=O) groups is 2. The summed E-state index contributed by atoms with van der Waals surface area (Å²) in [6.45, 7) is 1.14. The van der Waals surface area contributed by atoms with Gasteiger partial charge in [0, 0.05) is 11.3 Å². The number of nitriles is 1. The molecule has 1 amide bonds. The van der Waals surface area contributed by atoms with Gasteiger partial charge in [-0.25, -0.2) is 4.79 Å². The van der Waals surface area contributed by atoms with Crippen molar-refractivity contribution in [3.05, 3.63) is 84.4 Å². The van der Waals surface area contributed by atoms with Crippen LogP contribution in [0.1, 0.15) is 12.5 Å². The van der Waals surface area contributed by atoms with Gasteiger partial charge in [0.1, 0.15) is 5.75 Å². The fraction of sp³-hybridized carbons (Fsp3) is 0.125. The predicted molar refractivity (Wildman–Crippen MR) is 113 cm³/mol. The number of nitrogens with zero attached hydrogens (tertiary/aromatic N) is 1. The smallest absolute Gasteiger partial charge is 0.344 e. The van der Waals surface area contributed by atoms with E-state index in [2.05, 4.69) is 5.32 Å². The van der Waals surface area contributed by atoms with Crippen LogP contribution >= 0.6 is 0 Å². The first kappa shape index (κ1) is 20.6. The van der Waals surface area contributed by atoms with Gasteiger partial charge in [0.25, 0.3) is 5.91 Å². The third-order valence-corrected chi connectivity index (χ3v) is 4.25. The zero-order valence-electron chi connectivity index (χ0n) is 16.4. The molecule has 0 radical (unpaired) electrons. The van der Waals surface area contributed by atoms with E-state index in [1.54, 1.807) is 24.3 Å². The van der Waals surface area contributed by atoms with Gasteiger partial charge >= 0.3 is 5.97 Å². The van der Waals surface area contributed by atoms with Gasteiger partial charge in [-0.3, -0.25) is 4.79 Å². The first-order valence-corrected chi connectivity index (χ1v) is 9.34. The van der Waals surface area contributed by atoms with Crippen molar-refractivity contribution in [1.29, 1.82) is 5.26 Å². The van der Waals surface area contributed by atoms with Crippen molar-refractivity contribution in [1.82, 2.24) is 0 Å². The molecule has 0 aromatic heterocycles. The summed E-state index contributed by atoms with van der Waals surface area (Å²) in [6.07, 6.45) is -1.02. The molecule has 0 saturated carbocycles. The summed E-state index contributed by atoms with van der Waals surface area (Å²) in [5.74, 6) is -0.611. The average Bonchev–Trinajstić information content (AvgIpc) is 2.78. The van der Waals surface area contributed by atoms with Crippen molar-refractivity contribution in [2.45, 2.75) is 13.0 Å². The van der Waals surface area contributed by atoms with Gasteiger partial charge in [-0.15, -0.1) is 0 Å². The fourth-order valence-electron chi connectivity index (χ4n) is 2.78. The van der Waals surface area contributed by atoms with Crippen molar-refractivity contribution in [3.8, 4) is 22.9 Å². The second-order valence-electron chi connectivity index (χ2n) is 6.46. The Labute approximate surface area is 174 Å². The second kappa shape index (κ2) is 9.89. The molecule has 0 heterocycles. The number of rotatable bonds is 7. The second-order valence-corrected chi connectivity index (χ2v) is 6.46. The Morgan fingerprint density at radius 3 is 2.50 bits per heavy atom. The summed E-state index contributed by atoms with van der Waals surface area (Å²) in [6, 6.07) is 25.5. The first-order valence-electron chi connectivity index (χ1n) is 9.34. The van der Waals surface area contributed by atoms with E-state index in [-0.39, 0.29) is 6.61 Å². The molecule has 6 nitrogen and oxygen atoms in total. The molecule has 3 aromatic rings. The molecule has 0 fully saturated rings. The number of esters is 1. The van der Waals surface area contributed by atoms with Crippen molar-refractivity contribution >= 4 is 17.6 Å². The van der Waals surface area contributed by atoms with Crippen LogP contribution in [0.3, 0.4) is 0 Å². The van der Waals surface area contributed by atoms with Crippen LogP contribution < -0.4 is 10.1 Å². The molecule has 30 heavy (non-hydrogen) atoms. The summed E-state index contributed by atoms with van der Waals surface area (Å²) in [4.78, 5) is 24.4. The van der Waals surface area contributed by atoms with Crippen LogP contribution in [0.2, 0.25) is 0 Å². The molecule has 0 spiro atoms. The summed E-state index contributed by atoms with van der Waals surface area (Å²) < 4.78 is 10.8. The van der Waals surface area contributed by atoms with E-state index in [0.717, 1.165) is 11.1 Å². The number of benzene rings is 3. The Balaban J connectivity index is 1.56. The van der Waals surface area contributed by atoms with E-state index in [0.29, 0.717) is 17.0 Å². The number of amides is 1. The Kier molecular flexibility index (Phi) is 6.80. The molecule has 0 unspecified atom stereocenters. The molecule has 0 aliphatic rings. The van der Waals surface area contributed by atoms with Crippen LogP contribution in [-0.2, 0) is 14.3 Å². The van der Waals surface area contributed by atoms with Gasteiger partial charge in [0.15, 0.2) is 12.7 Å². The fourth-order valence-corrected chi connectivity index (χ4v) is 2.78. The number of nitrogens with one attached hydrogen (secondary N) is 1. The Morgan fingerprint density at radius 1 is 1.00 bits per heavy atom. The molecule has 0 saturated heterocycles. The third kappa shape index (κ3) is 5.46. The highest BCUT2D eigenvalue weighted by molar-refractivity contribution is 5.95. The number of para-hydroxylation sites is 1. The average molecular weight is 400 g/mol. The highest BCUT2D eigenvalue weighted by Crippen LogP contribution is 2.29. The maximum absolute atomic E-state index is 12.2. The van der Waals surface area contributed by atoms with Crippen LogP contribution in [-0.4, -0.2) is 24.6 Å². The minimum atomic E-state index is -1.02. The molecule has 1 N–H and O–H groups in total. The first-order chi connectivity index (χ1) is 14.6. The number of anilines is 1. The Hall–Kier alpha value is -4.11. The lowest BCUT2D eigenvalue weighted by Gasteiger charge is -2.15. The number of hydrogen-bond acceptors (Lipinski definition) is 5. The van der Waals surface area contributed by atoms with Crippen LogP contribution in [0.15, 0.2) is 78.9 Å². The van der Waals surface area contributed by atoms with Crippen molar-refractivity contribution in [2.24, 2.45) is 0 Å². The Bertz CT molecular complexity index is 1070. The number of carbonyl (C=O) groups excluding carboxylic acids is 2. The van der Waals surface area contributed by atoms with Crippen molar-refractivity contribution in [3.63, 3.8) is 0 Å². The van der Waals surface area contributed by atoms with Crippen LogP contribution in [0.5, 0.6) is 5.75 Å². The summed E-state index contributed by atoms with van der Waals surface area (Å²) >= 11 is 0. The normalized spacial score (nSPS) is 11.1. The van der Waals surface area contributed by atoms with Gasteiger partial charge in [-0.05, 0) is 36.8 Å². The molecule has 6 heteroatoms. The number of ether oxygens (including phenoxy) is 2. The lowest BCUT2D eigenvalue weighted by molar-refractivity contribution is -0.155. The van der Waals surface area contributed by atoms with Crippen LogP contribution in [0, 0.1) is 11.3 Å². The molecule has 150 valence electrons. The maximum Gasteiger partial charge on any atom is 0.344 e. The maximum atomic E-state index is 12.2. The van der Waals surface area contributed by atoms with E-state index in [1.165, 1.54) is 13.0 Å². The minimum absolute atomic E-state index is 0.328. The summed E-state index contributed by atoms with van der Waals surface area (Å²) in [5.41, 5.74) is 2.70. The highest BCUT2D eigenvalue weighted by atomic mass is 16.6. The predicted octanol–water partition coefficient (Wildman–Crippen LogP) is 4.17. The molecular weight excluding hydrogens is 380 g/mol. The molecule has 0 aliphatic carbocycles. The number of hydrogen-bond donors (Lipinski definition) is 1. The minimum Gasteiger partial charge on any atom is -0.481 e. The van der Waals surface area contributed by atoms with Gasteiger partial charge in [-0.2, -0.15) is 5.26 Å². The standard InChI is InChI=1S/C24H20N2O4/c1-17(24(28)26-20-11-7-8-18(14-20)15-25)30-23(27)16-29-22-13-6-5-12-21(22)19-9-3-2-4-10-19/h2-14,17H,16H2,1H3,(H,26,28)/t17-/m1/s1. The van der Waals surface area contributed by atoms with Crippen molar-refractivity contribution < 1.29 is 19.1 Å². The molecule has 0 bridgehead atoms. The van der Waals surface area contributed by atoms with Crippen molar-refractivity contribution in [2.75, 3.05) is 11.9 Å². The van der Waals surface area contributed by atoms with Gasteiger partial charge < -0.3 is 14.8 Å². The monoisotopic (exact) mass is 400 g/mol. The topological polar surface area (TPSA) is 88.4 Å². The van der Waals surface area contributed by atoms with E-state index < -0.39 is 18.0 Å². The molecule has 0 aliphatic heterocycles. The van der Waals surface area contributed by atoms with Gasteiger partial charge in [0.05, 0.1) is 11.6 Å². The zero-order chi connectivity index (χ0) is 21.3. The molecular formula is C24H20N2O4. The van der Waals surface area contributed by atoms with E-state index in [9.17, 15) is 9.59 Å². The molecule has 3 rings (SSSR count). The quantitative estimate of drug-likeness (QED) is 0.601. The zero-order valence-corrected chi connectivity index (χ0v) is 16.4.